The Balaban J connectivity index is 2.18. The van der Waals surface area contributed by atoms with E-state index in [1.54, 1.807) is 31.4 Å². The molecule has 0 amide bonds. The molecule has 0 N–H and O–H groups in total. The summed E-state index contributed by atoms with van der Waals surface area (Å²) in [6.07, 6.45) is 4.21. The molecule has 0 saturated heterocycles. The molecule has 1 heterocycles. The highest BCUT2D eigenvalue weighted by Crippen LogP contribution is 2.15. The fourth-order valence-corrected chi connectivity index (χ4v) is 4.77. The molecule has 0 atom stereocenters. The average Bonchev–Trinajstić information content (AvgIpc) is 3.12. The number of carbonyl (C=O) groups is 1. The van der Waals surface area contributed by atoms with Crippen molar-refractivity contribution in [1.82, 2.24) is 4.57 Å². The van der Waals surface area contributed by atoms with Crippen LogP contribution >= 0.6 is 22.9 Å². The summed E-state index contributed by atoms with van der Waals surface area (Å²) in [4.78, 5) is 26.5. The lowest BCUT2D eigenvalue weighted by Crippen LogP contribution is -2.33. The first-order valence-corrected chi connectivity index (χ1v) is 11.9. The number of hydrogen-bond acceptors (Lipinski definition) is 5. The van der Waals surface area contributed by atoms with E-state index >= 15 is 0 Å². The zero-order valence-electron chi connectivity index (χ0n) is 18.6. The number of ketones is 1. The van der Waals surface area contributed by atoms with Crippen molar-refractivity contribution in [1.29, 1.82) is 5.26 Å². The molecule has 3 rings (SSSR count). The number of ether oxygens (including phenoxy) is 1. The first kappa shape index (κ1) is 24.7. The highest BCUT2D eigenvalue weighted by atomic mass is 35.5. The lowest BCUT2D eigenvalue weighted by Gasteiger charge is -2.04. The van der Waals surface area contributed by atoms with Gasteiger partial charge in [0.25, 0.3) is 5.56 Å². The van der Waals surface area contributed by atoms with Crippen LogP contribution in [0.3, 0.4) is 0 Å². The summed E-state index contributed by atoms with van der Waals surface area (Å²) in [7, 11) is 1.59. The van der Waals surface area contributed by atoms with Gasteiger partial charge >= 0.3 is 0 Å². The van der Waals surface area contributed by atoms with Gasteiger partial charge in [-0.2, -0.15) is 5.26 Å². The van der Waals surface area contributed by atoms with E-state index in [0.29, 0.717) is 44.9 Å². The van der Waals surface area contributed by atoms with E-state index in [1.165, 1.54) is 4.57 Å². The Kier molecular flexibility index (Phi) is 8.79. The highest BCUT2D eigenvalue weighted by Gasteiger charge is 2.18. The summed E-state index contributed by atoms with van der Waals surface area (Å²) in [6, 6.07) is 16.5. The quantitative estimate of drug-likeness (QED) is 0.343. The number of carbonyl (C=O) groups excluding carboxylic acids is 1. The molecule has 170 valence electrons. The molecule has 0 bridgehead atoms. The van der Waals surface area contributed by atoms with Gasteiger partial charge in [0.15, 0.2) is 0 Å². The molecule has 0 aliphatic heterocycles. The van der Waals surface area contributed by atoms with E-state index in [1.807, 2.05) is 36.4 Å². The Hall–Kier alpha value is -2.98. The predicted molar refractivity (Wildman–Crippen MR) is 133 cm³/mol. The average molecular weight is 481 g/mol. The second-order valence-corrected chi connectivity index (χ2v) is 8.94. The number of aryl methyl sites for hydroxylation is 1. The third-order valence-electron chi connectivity index (χ3n) is 5.14. The molecular formula is C26H25ClN2O3S. The maximum absolute atomic E-state index is 13.2. The predicted octanol–water partition coefficient (Wildman–Crippen LogP) is 3.94. The van der Waals surface area contributed by atoms with Crippen LogP contribution in [-0.2, 0) is 17.7 Å². The fraction of sp³-hybridized carbons (Fsp3) is 0.269. The smallest absolute Gasteiger partial charge is 0.269 e. The standard InChI is InChI=1S/C26H25ClN2O3S/c1-3-7-18-10-12-19(13-11-18)24(30)21(17-28)26-29(14-6-15-32-2)25(31)23(33-26)16-20-8-4-5-9-22(20)27/h4-5,8-13,16H,3,6-7,14-15H2,1-2H3/b23-16-,26-21-. The van der Waals surface area contributed by atoms with Gasteiger partial charge in [-0.05, 0) is 36.1 Å². The van der Waals surface area contributed by atoms with Gasteiger partial charge in [-0.3, -0.25) is 14.2 Å². The van der Waals surface area contributed by atoms with Crippen LogP contribution in [0.5, 0.6) is 0 Å². The molecule has 0 aliphatic rings. The van der Waals surface area contributed by atoms with Crippen LogP contribution in [0.2, 0.25) is 5.02 Å². The zero-order valence-corrected chi connectivity index (χ0v) is 20.2. The molecule has 0 radical (unpaired) electrons. The summed E-state index contributed by atoms with van der Waals surface area (Å²) in [5.41, 5.74) is 1.95. The van der Waals surface area contributed by atoms with E-state index in [0.717, 1.165) is 29.7 Å². The third kappa shape index (κ3) is 5.88. The molecule has 0 saturated carbocycles. The number of nitriles is 1. The minimum absolute atomic E-state index is 0.0448. The Morgan fingerprint density at radius 1 is 1.21 bits per heavy atom. The molecule has 0 unspecified atom stereocenters. The maximum Gasteiger partial charge on any atom is 0.269 e. The maximum atomic E-state index is 13.2. The van der Waals surface area contributed by atoms with Crippen LogP contribution in [0.1, 0.15) is 41.3 Å². The van der Waals surface area contributed by atoms with E-state index in [2.05, 4.69) is 6.92 Å². The van der Waals surface area contributed by atoms with Crippen molar-refractivity contribution in [2.24, 2.45) is 0 Å². The summed E-state index contributed by atoms with van der Waals surface area (Å²) >= 11 is 7.40. The zero-order chi connectivity index (χ0) is 23.8. The molecule has 3 aromatic rings. The third-order valence-corrected chi connectivity index (χ3v) is 6.61. The number of halogens is 1. The monoisotopic (exact) mass is 480 g/mol. The molecule has 5 nitrogen and oxygen atoms in total. The van der Waals surface area contributed by atoms with Crippen molar-refractivity contribution in [3.8, 4) is 6.07 Å². The second-order valence-electron chi connectivity index (χ2n) is 7.50. The Labute approximate surface area is 201 Å². The first-order chi connectivity index (χ1) is 16.0. The molecule has 0 aliphatic carbocycles. The van der Waals surface area contributed by atoms with Gasteiger partial charge in [0, 0.05) is 30.8 Å². The number of Topliss-reactive ketones (excluding diaryl/α,β-unsaturated/α-hetero) is 1. The summed E-state index contributed by atoms with van der Waals surface area (Å²) < 4.78 is 7.37. The van der Waals surface area contributed by atoms with E-state index in [-0.39, 0.29) is 11.1 Å². The number of hydrogen-bond donors (Lipinski definition) is 0. The first-order valence-electron chi connectivity index (χ1n) is 10.7. The van der Waals surface area contributed by atoms with E-state index < -0.39 is 5.78 Å². The van der Waals surface area contributed by atoms with Crippen LogP contribution in [-0.4, -0.2) is 24.1 Å². The van der Waals surface area contributed by atoms with Gasteiger partial charge in [-0.25, -0.2) is 0 Å². The summed E-state index contributed by atoms with van der Waals surface area (Å²) in [5, 5.41) is 10.4. The van der Waals surface area contributed by atoms with Crippen LogP contribution in [0.4, 0.5) is 0 Å². The number of aromatic nitrogens is 1. The number of rotatable bonds is 9. The number of methoxy groups -OCH3 is 1. The molecule has 2 aromatic carbocycles. The lowest BCUT2D eigenvalue weighted by atomic mass is 10.0. The van der Waals surface area contributed by atoms with Crippen molar-refractivity contribution in [3.05, 3.63) is 89.8 Å². The van der Waals surface area contributed by atoms with Gasteiger partial charge in [-0.15, -0.1) is 11.3 Å². The van der Waals surface area contributed by atoms with Gasteiger partial charge in [0.1, 0.15) is 16.3 Å². The molecule has 33 heavy (non-hydrogen) atoms. The Bertz CT molecular complexity index is 1350. The topological polar surface area (TPSA) is 72.1 Å². The summed E-state index contributed by atoms with van der Waals surface area (Å²) in [5.74, 6) is -0.397. The van der Waals surface area contributed by atoms with Crippen LogP contribution in [0.15, 0.2) is 53.3 Å². The molecule has 1 aromatic heterocycles. The number of benzene rings is 2. The molecular weight excluding hydrogens is 456 g/mol. The van der Waals surface area contributed by atoms with E-state index in [9.17, 15) is 14.9 Å². The van der Waals surface area contributed by atoms with Crippen LogP contribution in [0, 0.1) is 11.3 Å². The number of thiazole rings is 1. The largest absolute Gasteiger partial charge is 0.385 e. The minimum Gasteiger partial charge on any atom is -0.385 e. The number of nitrogens with zero attached hydrogens (tertiary/aromatic N) is 2. The Morgan fingerprint density at radius 3 is 2.58 bits per heavy atom. The van der Waals surface area contributed by atoms with Gasteiger partial charge in [0.05, 0.1) is 4.53 Å². The SMILES string of the molecule is CCCc1ccc(C(=O)/C(C#N)=c2\s/c(=C\c3ccccc3Cl)c(=O)n2CCCOC)cc1. The highest BCUT2D eigenvalue weighted by molar-refractivity contribution is 7.07. The van der Waals surface area contributed by atoms with E-state index in [4.69, 9.17) is 16.3 Å². The molecule has 0 fully saturated rings. The molecule has 7 heteroatoms. The van der Waals surface area contributed by atoms with Crippen molar-refractivity contribution >= 4 is 40.4 Å². The lowest BCUT2D eigenvalue weighted by molar-refractivity contribution is 0.105. The minimum atomic E-state index is -0.397. The van der Waals surface area contributed by atoms with Crippen LogP contribution in [0.25, 0.3) is 11.6 Å². The van der Waals surface area contributed by atoms with Crippen molar-refractivity contribution < 1.29 is 9.53 Å². The van der Waals surface area contributed by atoms with Crippen LogP contribution < -0.4 is 14.8 Å². The van der Waals surface area contributed by atoms with Gasteiger partial charge in [-0.1, -0.05) is 67.4 Å². The van der Waals surface area contributed by atoms with Crippen molar-refractivity contribution in [2.45, 2.75) is 32.7 Å². The molecule has 0 spiro atoms. The summed E-state index contributed by atoms with van der Waals surface area (Å²) in [6.45, 7) is 2.89. The van der Waals surface area contributed by atoms with Crippen molar-refractivity contribution in [3.63, 3.8) is 0 Å². The normalized spacial score (nSPS) is 12.5. The Morgan fingerprint density at radius 2 is 1.94 bits per heavy atom. The fourth-order valence-electron chi connectivity index (χ4n) is 3.46. The van der Waals surface area contributed by atoms with Gasteiger partial charge in [0.2, 0.25) is 5.78 Å². The van der Waals surface area contributed by atoms with Gasteiger partial charge < -0.3 is 4.74 Å². The second kappa shape index (κ2) is 11.8. The van der Waals surface area contributed by atoms with Crippen molar-refractivity contribution in [2.75, 3.05) is 13.7 Å².